The molecule has 18 heavy (non-hydrogen) atoms. The van der Waals surface area contributed by atoms with E-state index in [0.29, 0.717) is 19.0 Å². The Bertz CT molecular complexity index is 386. The Morgan fingerprint density at radius 3 is 2.78 bits per heavy atom. The highest BCUT2D eigenvalue weighted by atomic mass is 16.5. The Kier molecular flexibility index (Phi) is 4.55. The van der Waals surface area contributed by atoms with Crippen LogP contribution in [-0.4, -0.2) is 25.8 Å². The Hall–Kier alpha value is -1.59. The minimum Gasteiger partial charge on any atom is -0.381 e. The first-order valence-electron chi connectivity index (χ1n) is 6.19. The minimum absolute atomic E-state index is 0.178. The molecule has 0 radical (unpaired) electrons. The lowest BCUT2D eigenvalue weighted by Gasteiger charge is -2.11. The maximum atomic E-state index is 11.6. The first-order valence-corrected chi connectivity index (χ1v) is 6.19. The molecule has 1 heterocycles. The van der Waals surface area contributed by atoms with Crippen LogP contribution < -0.4 is 16.4 Å². The number of carbonyl (C=O) groups excluding carboxylic acids is 1. The van der Waals surface area contributed by atoms with Gasteiger partial charge in [0.25, 0.3) is 0 Å². The van der Waals surface area contributed by atoms with Crippen LogP contribution in [0.5, 0.6) is 0 Å². The number of carbonyl (C=O) groups is 1. The molecule has 98 valence electrons. The number of rotatable bonds is 4. The molecule has 1 aliphatic heterocycles. The van der Waals surface area contributed by atoms with E-state index in [1.807, 2.05) is 24.3 Å². The molecule has 0 bridgehead atoms. The van der Waals surface area contributed by atoms with Gasteiger partial charge in [-0.2, -0.15) is 0 Å². The Labute approximate surface area is 107 Å². The summed E-state index contributed by atoms with van der Waals surface area (Å²) in [6.07, 6.45) is 1.02. The van der Waals surface area contributed by atoms with Gasteiger partial charge < -0.3 is 21.1 Å². The van der Waals surface area contributed by atoms with Gasteiger partial charge in [-0.25, -0.2) is 4.79 Å². The number of urea groups is 1. The van der Waals surface area contributed by atoms with Crippen LogP contribution in [0.15, 0.2) is 24.3 Å². The van der Waals surface area contributed by atoms with Crippen LogP contribution in [0.1, 0.15) is 12.0 Å². The zero-order valence-electron chi connectivity index (χ0n) is 10.3. The molecule has 1 aromatic rings. The monoisotopic (exact) mass is 249 g/mol. The molecular formula is C13H19N3O2. The minimum atomic E-state index is -0.178. The van der Waals surface area contributed by atoms with Crippen LogP contribution in [0.25, 0.3) is 0 Å². The van der Waals surface area contributed by atoms with Crippen molar-refractivity contribution in [2.45, 2.75) is 13.0 Å². The molecule has 0 saturated carbocycles. The van der Waals surface area contributed by atoms with Gasteiger partial charge >= 0.3 is 6.03 Å². The van der Waals surface area contributed by atoms with Crippen molar-refractivity contribution in [1.29, 1.82) is 0 Å². The fraction of sp³-hybridized carbons (Fsp3) is 0.462. The van der Waals surface area contributed by atoms with Crippen molar-refractivity contribution in [3.63, 3.8) is 0 Å². The summed E-state index contributed by atoms with van der Waals surface area (Å²) in [7, 11) is 0. The lowest BCUT2D eigenvalue weighted by Crippen LogP contribution is -2.33. The second kappa shape index (κ2) is 6.37. The molecule has 1 aliphatic rings. The number of benzene rings is 1. The number of ether oxygens (including phenoxy) is 1. The molecule has 1 unspecified atom stereocenters. The van der Waals surface area contributed by atoms with Crippen molar-refractivity contribution in [1.82, 2.24) is 5.32 Å². The van der Waals surface area contributed by atoms with Crippen molar-refractivity contribution in [3.05, 3.63) is 29.8 Å². The summed E-state index contributed by atoms with van der Waals surface area (Å²) in [4.78, 5) is 11.6. The fourth-order valence-electron chi connectivity index (χ4n) is 1.88. The molecule has 1 fully saturated rings. The first kappa shape index (κ1) is 12.9. The summed E-state index contributed by atoms with van der Waals surface area (Å²) >= 11 is 0. The lowest BCUT2D eigenvalue weighted by atomic mass is 10.1. The van der Waals surface area contributed by atoms with E-state index in [0.717, 1.165) is 30.9 Å². The normalized spacial score (nSPS) is 18.6. The van der Waals surface area contributed by atoms with E-state index in [1.165, 1.54) is 0 Å². The maximum absolute atomic E-state index is 11.6. The van der Waals surface area contributed by atoms with Crippen molar-refractivity contribution < 1.29 is 9.53 Å². The SMILES string of the molecule is NCc1ccc(NC(=O)NCC2CCOC2)cc1. The van der Waals surface area contributed by atoms with Gasteiger partial charge in [0.2, 0.25) is 0 Å². The molecule has 0 aromatic heterocycles. The largest absolute Gasteiger partial charge is 0.381 e. The summed E-state index contributed by atoms with van der Waals surface area (Å²) in [5.74, 6) is 0.440. The molecule has 0 aliphatic carbocycles. The summed E-state index contributed by atoms with van der Waals surface area (Å²) in [6, 6.07) is 7.32. The van der Waals surface area contributed by atoms with Gasteiger partial charge in [-0.15, -0.1) is 0 Å². The molecule has 0 spiro atoms. The zero-order valence-corrected chi connectivity index (χ0v) is 10.3. The third kappa shape index (κ3) is 3.72. The standard InChI is InChI=1S/C13H19N3O2/c14-7-10-1-3-12(4-2-10)16-13(17)15-8-11-5-6-18-9-11/h1-4,11H,5-9,14H2,(H2,15,16,17). The van der Waals surface area contributed by atoms with Crippen LogP contribution in [0.2, 0.25) is 0 Å². The molecule has 2 rings (SSSR count). The van der Waals surface area contributed by atoms with Gasteiger partial charge in [0.05, 0.1) is 6.61 Å². The number of hydrogen-bond donors (Lipinski definition) is 3. The van der Waals surface area contributed by atoms with E-state index >= 15 is 0 Å². The van der Waals surface area contributed by atoms with Gasteiger partial charge in [-0.3, -0.25) is 0 Å². The number of amides is 2. The average Bonchev–Trinajstić information content (AvgIpc) is 2.90. The third-order valence-electron chi connectivity index (χ3n) is 3.02. The second-order valence-corrected chi connectivity index (χ2v) is 4.47. The zero-order chi connectivity index (χ0) is 12.8. The topological polar surface area (TPSA) is 76.4 Å². The third-order valence-corrected chi connectivity index (χ3v) is 3.02. The molecule has 5 nitrogen and oxygen atoms in total. The van der Waals surface area contributed by atoms with E-state index < -0.39 is 0 Å². The van der Waals surface area contributed by atoms with Crippen molar-refractivity contribution in [2.75, 3.05) is 25.1 Å². The predicted octanol–water partition coefficient (Wildman–Crippen LogP) is 1.30. The van der Waals surface area contributed by atoms with Crippen LogP contribution in [0, 0.1) is 5.92 Å². The smallest absolute Gasteiger partial charge is 0.319 e. The van der Waals surface area contributed by atoms with E-state index in [9.17, 15) is 4.79 Å². The van der Waals surface area contributed by atoms with Crippen LogP contribution in [-0.2, 0) is 11.3 Å². The Balaban J connectivity index is 1.75. The number of nitrogens with two attached hydrogens (primary N) is 1. The van der Waals surface area contributed by atoms with Crippen LogP contribution >= 0.6 is 0 Å². The van der Waals surface area contributed by atoms with Crippen LogP contribution in [0.4, 0.5) is 10.5 Å². The number of hydrogen-bond acceptors (Lipinski definition) is 3. The molecule has 4 N–H and O–H groups in total. The van der Waals surface area contributed by atoms with Gasteiger partial charge in [0.15, 0.2) is 0 Å². The summed E-state index contributed by atoms with van der Waals surface area (Å²) in [6.45, 7) is 2.71. The van der Waals surface area contributed by atoms with E-state index in [-0.39, 0.29) is 6.03 Å². The van der Waals surface area contributed by atoms with Crippen LogP contribution in [0.3, 0.4) is 0 Å². The van der Waals surface area contributed by atoms with Gasteiger partial charge in [-0.1, -0.05) is 12.1 Å². The number of anilines is 1. The lowest BCUT2D eigenvalue weighted by molar-refractivity contribution is 0.185. The maximum Gasteiger partial charge on any atom is 0.319 e. The molecule has 1 saturated heterocycles. The highest BCUT2D eigenvalue weighted by Crippen LogP contribution is 2.11. The van der Waals surface area contributed by atoms with E-state index in [2.05, 4.69) is 10.6 Å². The quantitative estimate of drug-likeness (QED) is 0.753. The van der Waals surface area contributed by atoms with Gasteiger partial charge in [-0.05, 0) is 24.1 Å². The average molecular weight is 249 g/mol. The second-order valence-electron chi connectivity index (χ2n) is 4.47. The van der Waals surface area contributed by atoms with Crippen molar-refractivity contribution in [3.8, 4) is 0 Å². The predicted molar refractivity (Wildman–Crippen MR) is 70.3 cm³/mol. The summed E-state index contributed by atoms with van der Waals surface area (Å²) < 4.78 is 5.25. The highest BCUT2D eigenvalue weighted by molar-refractivity contribution is 5.89. The summed E-state index contributed by atoms with van der Waals surface area (Å²) in [5, 5.41) is 5.63. The Morgan fingerprint density at radius 2 is 2.17 bits per heavy atom. The van der Waals surface area contributed by atoms with Crippen molar-refractivity contribution >= 4 is 11.7 Å². The molecular weight excluding hydrogens is 230 g/mol. The number of nitrogens with one attached hydrogen (secondary N) is 2. The first-order chi connectivity index (χ1) is 8.78. The summed E-state index contributed by atoms with van der Waals surface area (Å²) in [5.41, 5.74) is 7.32. The molecule has 1 aromatic carbocycles. The Morgan fingerprint density at radius 1 is 1.39 bits per heavy atom. The van der Waals surface area contributed by atoms with E-state index in [1.54, 1.807) is 0 Å². The molecule has 2 amide bonds. The fourth-order valence-corrected chi connectivity index (χ4v) is 1.88. The van der Waals surface area contributed by atoms with E-state index in [4.69, 9.17) is 10.5 Å². The van der Waals surface area contributed by atoms with Crippen molar-refractivity contribution in [2.24, 2.45) is 11.7 Å². The van der Waals surface area contributed by atoms with Gasteiger partial charge in [0.1, 0.15) is 0 Å². The highest BCUT2D eigenvalue weighted by Gasteiger charge is 2.16. The molecule has 1 atom stereocenters. The molecule has 5 heteroatoms. The van der Waals surface area contributed by atoms with Gasteiger partial charge in [0, 0.05) is 31.3 Å².